The van der Waals surface area contributed by atoms with Crippen molar-refractivity contribution >= 4 is 47.4 Å². The summed E-state index contributed by atoms with van der Waals surface area (Å²) in [6.45, 7) is 8.64. The summed E-state index contributed by atoms with van der Waals surface area (Å²) in [5.41, 5.74) is 0.694. The van der Waals surface area contributed by atoms with E-state index in [1.165, 1.54) is 0 Å². The van der Waals surface area contributed by atoms with Crippen LogP contribution in [0.2, 0.25) is 5.02 Å². The van der Waals surface area contributed by atoms with Gasteiger partial charge in [0.15, 0.2) is 5.96 Å². The Hall–Kier alpha value is -1.10. The maximum Gasteiger partial charge on any atom is 0.236 e. The molecule has 2 heterocycles. The summed E-state index contributed by atoms with van der Waals surface area (Å²) in [6, 6.07) is 7.31. The van der Waals surface area contributed by atoms with E-state index in [9.17, 15) is 9.90 Å². The molecule has 0 aromatic heterocycles. The van der Waals surface area contributed by atoms with Gasteiger partial charge < -0.3 is 20.2 Å². The average Bonchev–Trinajstić information content (AvgIpc) is 3.27. The molecule has 168 valence electrons. The highest BCUT2D eigenvalue weighted by atomic mass is 127. The maximum atomic E-state index is 12.4. The predicted molar refractivity (Wildman–Crippen MR) is 132 cm³/mol. The number of carbonyl (C=O) groups excluding carboxylic acids is 1. The highest BCUT2D eigenvalue weighted by Gasteiger charge is 2.24. The first kappa shape index (κ1) is 25.2. The largest absolute Gasteiger partial charge is 0.386 e. The molecule has 2 N–H and O–H groups in total. The molecule has 0 spiro atoms. The Kier molecular flexibility index (Phi) is 10.6. The van der Waals surface area contributed by atoms with Crippen molar-refractivity contribution in [2.45, 2.75) is 25.9 Å². The van der Waals surface area contributed by atoms with Gasteiger partial charge in [0.05, 0.1) is 13.1 Å². The standard InChI is InChI=1S/C21H32ClN5O2.HI/c1-2-23-21(24-15-19(28)17-7-3-4-8-18(17)22)27-13-11-25(12-14-27)16-20(29)26-9-5-6-10-26;/h3-4,7-8,19,28H,2,5-6,9-16H2,1H3,(H,23,24);1H. The van der Waals surface area contributed by atoms with Gasteiger partial charge in [-0.05, 0) is 25.8 Å². The van der Waals surface area contributed by atoms with Crippen LogP contribution in [0.3, 0.4) is 0 Å². The quantitative estimate of drug-likeness (QED) is 0.324. The van der Waals surface area contributed by atoms with Gasteiger partial charge in [-0.1, -0.05) is 29.8 Å². The number of benzene rings is 1. The molecule has 7 nitrogen and oxygen atoms in total. The van der Waals surface area contributed by atoms with Crippen LogP contribution in [0.25, 0.3) is 0 Å². The van der Waals surface area contributed by atoms with Crippen molar-refractivity contribution < 1.29 is 9.90 Å². The number of amides is 1. The van der Waals surface area contributed by atoms with Crippen molar-refractivity contribution in [1.82, 2.24) is 20.0 Å². The number of hydrogen-bond donors (Lipinski definition) is 2. The maximum absolute atomic E-state index is 12.4. The minimum atomic E-state index is -0.739. The van der Waals surface area contributed by atoms with Crippen LogP contribution in [0.15, 0.2) is 29.3 Å². The highest BCUT2D eigenvalue weighted by Crippen LogP contribution is 2.22. The molecule has 1 atom stereocenters. The van der Waals surface area contributed by atoms with Crippen molar-refractivity contribution in [2.75, 3.05) is 58.9 Å². The number of piperazine rings is 1. The number of likely N-dealkylation sites (tertiary alicyclic amines) is 1. The molecule has 2 aliphatic heterocycles. The lowest BCUT2D eigenvalue weighted by atomic mass is 10.1. The number of nitrogens with one attached hydrogen (secondary N) is 1. The van der Waals surface area contributed by atoms with Gasteiger partial charge in [-0.25, -0.2) is 0 Å². The van der Waals surface area contributed by atoms with Gasteiger partial charge in [-0.15, -0.1) is 24.0 Å². The molecule has 3 rings (SSSR count). The van der Waals surface area contributed by atoms with Crippen LogP contribution in [0.4, 0.5) is 0 Å². The summed E-state index contributed by atoms with van der Waals surface area (Å²) in [4.78, 5) is 23.4. The Labute approximate surface area is 201 Å². The third-order valence-corrected chi connectivity index (χ3v) is 5.85. The number of guanidine groups is 1. The summed E-state index contributed by atoms with van der Waals surface area (Å²) >= 11 is 6.18. The zero-order chi connectivity index (χ0) is 20.6. The van der Waals surface area contributed by atoms with Crippen LogP contribution < -0.4 is 5.32 Å². The molecule has 2 aliphatic rings. The Bertz CT molecular complexity index is 706. The summed E-state index contributed by atoms with van der Waals surface area (Å²) in [7, 11) is 0. The summed E-state index contributed by atoms with van der Waals surface area (Å²) < 4.78 is 0. The molecular weight excluding hydrogens is 517 g/mol. The van der Waals surface area contributed by atoms with Crippen molar-refractivity contribution in [2.24, 2.45) is 4.99 Å². The lowest BCUT2D eigenvalue weighted by Gasteiger charge is -2.36. The van der Waals surface area contributed by atoms with E-state index < -0.39 is 6.10 Å². The van der Waals surface area contributed by atoms with E-state index in [1.54, 1.807) is 6.07 Å². The van der Waals surface area contributed by atoms with E-state index >= 15 is 0 Å². The smallest absolute Gasteiger partial charge is 0.236 e. The summed E-state index contributed by atoms with van der Waals surface area (Å²) in [6.07, 6.45) is 1.51. The Morgan fingerprint density at radius 1 is 1.13 bits per heavy atom. The van der Waals surface area contributed by atoms with Crippen LogP contribution in [-0.4, -0.2) is 90.6 Å². The van der Waals surface area contributed by atoms with E-state index in [2.05, 4.69) is 20.1 Å². The second kappa shape index (κ2) is 12.7. The predicted octanol–water partition coefficient (Wildman–Crippen LogP) is 2.20. The van der Waals surface area contributed by atoms with Gasteiger partial charge in [0.2, 0.25) is 5.91 Å². The fraction of sp³-hybridized carbons (Fsp3) is 0.619. The molecule has 2 saturated heterocycles. The highest BCUT2D eigenvalue weighted by molar-refractivity contribution is 14.0. The number of hydrogen-bond acceptors (Lipinski definition) is 4. The zero-order valence-corrected chi connectivity index (χ0v) is 20.7. The minimum absolute atomic E-state index is 0. The monoisotopic (exact) mass is 549 g/mol. The van der Waals surface area contributed by atoms with Gasteiger partial charge in [0, 0.05) is 56.4 Å². The van der Waals surface area contributed by atoms with Crippen LogP contribution >= 0.6 is 35.6 Å². The normalized spacial score (nSPS) is 18.8. The Morgan fingerprint density at radius 3 is 2.43 bits per heavy atom. The van der Waals surface area contributed by atoms with Gasteiger partial charge in [-0.2, -0.15) is 0 Å². The molecule has 0 saturated carbocycles. The molecule has 0 bridgehead atoms. The number of nitrogens with zero attached hydrogens (tertiary/aromatic N) is 4. The first-order valence-corrected chi connectivity index (χ1v) is 10.9. The lowest BCUT2D eigenvalue weighted by Crippen LogP contribution is -2.54. The molecule has 2 fully saturated rings. The van der Waals surface area contributed by atoms with Gasteiger partial charge in [0.1, 0.15) is 6.10 Å². The van der Waals surface area contributed by atoms with E-state index in [1.807, 2.05) is 30.0 Å². The zero-order valence-electron chi connectivity index (χ0n) is 17.6. The number of aliphatic hydroxyl groups excluding tert-OH is 1. The molecule has 9 heteroatoms. The molecule has 1 unspecified atom stereocenters. The second-order valence-corrected chi connectivity index (χ2v) is 7.99. The molecule has 0 aliphatic carbocycles. The van der Waals surface area contributed by atoms with E-state index in [-0.39, 0.29) is 36.4 Å². The number of carbonyl (C=O) groups is 1. The van der Waals surface area contributed by atoms with Gasteiger partial charge in [0.25, 0.3) is 0 Å². The fourth-order valence-electron chi connectivity index (χ4n) is 3.82. The van der Waals surface area contributed by atoms with Gasteiger partial charge >= 0.3 is 0 Å². The van der Waals surface area contributed by atoms with Crippen LogP contribution in [0.1, 0.15) is 31.4 Å². The van der Waals surface area contributed by atoms with Crippen molar-refractivity contribution in [3.05, 3.63) is 34.9 Å². The van der Waals surface area contributed by atoms with Crippen LogP contribution in [-0.2, 0) is 4.79 Å². The van der Waals surface area contributed by atoms with Crippen molar-refractivity contribution in [1.29, 1.82) is 0 Å². The van der Waals surface area contributed by atoms with Gasteiger partial charge in [-0.3, -0.25) is 14.7 Å². The van der Waals surface area contributed by atoms with E-state index in [0.717, 1.165) is 64.6 Å². The first-order valence-electron chi connectivity index (χ1n) is 10.5. The molecule has 1 aromatic carbocycles. The number of rotatable bonds is 6. The summed E-state index contributed by atoms with van der Waals surface area (Å²) in [5.74, 6) is 1.04. The average molecular weight is 550 g/mol. The number of aliphatic hydroxyl groups is 1. The van der Waals surface area contributed by atoms with Crippen LogP contribution in [0, 0.1) is 0 Å². The number of halogens is 2. The Morgan fingerprint density at radius 2 is 1.80 bits per heavy atom. The van der Waals surface area contributed by atoms with E-state index in [4.69, 9.17) is 11.6 Å². The molecule has 1 amide bonds. The second-order valence-electron chi connectivity index (χ2n) is 7.58. The SMILES string of the molecule is CCNC(=NCC(O)c1ccccc1Cl)N1CCN(CC(=O)N2CCCC2)CC1.I. The first-order chi connectivity index (χ1) is 14.1. The van der Waals surface area contributed by atoms with E-state index in [0.29, 0.717) is 17.1 Å². The molecule has 0 radical (unpaired) electrons. The molecular formula is C21H33ClIN5O2. The third-order valence-electron chi connectivity index (χ3n) is 5.50. The molecule has 1 aromatic rings. The van der Waals surface area contributed by atoms with Crippen molar-refractivity contribution in [3.63, 3.8) is 0 Å². The van der Waals surface area contributed by atoms with Crippen molar-refractivity contribution in [3.8, 4) is 0 Å². The lowest BCUT2D eigenvalue weighted by molar-refractivity contribution is -0.131. The minimum Gasteiger partial charge on any atom is -0.386 e. The number of aliphatic imine (C=N–C) groups is 1. The van der Waals surface area contributed by atoms with Crippen LogP contribution in [0.5, 0.6) is 0 Å². The fourth-order valence-corrected chi connectivity index (χ4v) is 4.08. The third kappa shape index (κ3) is 6.96. The summed E-state index contributed by atoms with van der Waals surface area (Å²) in [5, 5.41) is 14.3. The topological polar surface area (TPSA) is 71.4 Å². The molecule has 30 heavy (non-hydrogen) atoms. The Balaban J connectivity index is 0.00000320.